The first-order valence-corrected chi connectivity index (χ1v) is 12.1. The van der Waals surface area contributed by atoms with E-state index in [1.165, 1.54) is 0 Å². The Hall–Kier alpha value is -3.39. The van der Waals surface area contributed by atoms with Crippen molar-refractivity contribution in [3.05, 3.63) is 59.7 Å². The molecule has 2 aromatic carbocycles. The molecule has 0 saturated carbocycles. The van der Waals surface area contributed by atoms with Gasteiger partial charge in [0.05, 0.1) is 19.1 Å². The number of carbonyl (C=O) groups is 3. The molecule has 1 fully saturated rings. The molecular formula is C27H32N2O6. The normalized spacial score (nSPS) is 18.0. The summed E-state index contributed by atoms with van der Waals surface area (Å²) in [5, 5.41) is 11.8. The van der Waals surface area contributed by atoms with Gasteiger partial charge in [0, 0.05) is 19.0 Å². The first kappa shape index (κ1) is 24.7. The maximum atomic E-state index is 13.2. The Bertz CT molecular complexity index is 1040. The summed E-state index contributed by atoms with van der Waals surface area (Å²) >= 11 is 0. The minimum absolute atomic E-state index is 0.0663. The molecular weight excluding hydrogens is 448 g/mol. The van der Waals surface area contributed by atoms with Crippen molar-refractivity contribution in [1.29, 1.82) is 0 Å². The molecule has 2 atom stereocenters. The SMILES string of the molecule is CC(C)C[C@@H](NC(=O)OCC1c2ccccc2-c2ccccc21)C(=O)N1CCOC(CC(=O)O)C1. The number of hydrogen-bond acceptors (Lipinski definition) is 5. The summed E-state index contributed by atoms with van der Waals surface area (Å²) in [6.07, 6.45) is -0.914. The van der Waals surface area contributed by atoms with Gasteiger partial charge in [0.2, 0.25) is 5.91 Å². The van der Waals surface area contributed by atoms with E-state index < -0.39 is 24.2 Å². The topological polar surface area (TPSA) is 105 Å². The molecule has 0 bridgehead atoms. The third-order valence-electron chi connectivity index (χ3n) is 6.49. The van der Waals surface area contributed by atoms with E-state index in [-0.39, 0.29) is 43.9 Å². The number of alkyl carbamates (subject to hydrolysis) is 1. The van der Waals surface area contributed by atoms with E-state index in [9.17, 15) is 14.4 Å². The fraction of sp³-hybridized carbons (Fsp3) is 0.444. The van der Waals surface area contributed by atoms with E-state index >= 15 is 0 Å². The van der Waals surface area contributed by atoms with Crippen LogP contribution in [0.2, 0.25) is 0 Å². The predicted molar refractivity (Wildman–Crippen MR) is 130 cm³/mol. The summed E-state index contributed by atoms with van der Waals surface area (Å²) in [5.41, 5.74) is 4.53. The molecule has 35 heavy (non-hydrogen) atoms. The summed E-state index contributed by atoms with van der Waals surface area (Å²) in [7, 11) is 0. The molecule has 0 aromatic heterocycles. The summed E-state index contributed by atoms with van der Waals surface area (Å²) in [6, 6.07) is 15.5. The van der Waals surface area contributed by atoms with Gasteiger partial charge < -0.3 is 24.8 Å². The third-order valence-corrected chi connectivity index (χ3v) is 6.49. The highest BCUT2D eigenvalue weighted by Gasteiger charge is 2.33. The van der Waals surface area contributed by atoms with Crippen LogP contribution in [0.25, 0.3) is 11.1 Å². The molecule has 1 saturated heterocycles. The fourth-order valence-electron chi connectivity index (χ4n) is 4.93. The van der Waals surface area contributed by atoms with Gasteiger partial charge in [-0.1, -0.05) is 62.4 Å². The first-order chi connectivity index (χ1) is 16.8. The highest BCUT2D eigenvalue weighted by molar-refractivity contribution is 5.86. The fourth-order valence-corrected chi connectivity index (χ4v) is 4.93. The van der Waals surface area contributed by atoms with Gasteiger partial charge in [0.15, 0.2) is 0 Å². The van der Waals surface area contributed by atoms with Crippen molar-refractivity contribution in [2.45, 2.75) is 44.8 Å². The first-order valence-electron chi connectivity index (χ1n) is 12.1. The van der Waals surface area contributed by atoms with Crippen molar-refractivity contribution in [2.24, 2.45) is 5.92 Å². The number of nitrogens with one attached hydrogen (secondary N) is 1. The van der Waals surface area contributed by atoms with E-state index in [4.69, 9.17) is 14.6 Å². The second-order valence-corrected chi connectivity index (χ2v) is 9.53. The molecule has 1 aliphatic heterocycles. The smallest absolute Gasteiger partial charge is 0.407 e. The van der Waals surface area contributed by atoms with Crippen LogP contribution in [0.15, 0.2) is 48.5 Å². The van der Waals surface area contributed by atoms with Crippen LogP contribution in [0, 0.1) is 5.92 Å². The van der Waals surface area contributed by atoms with Gasteiger partial charge in [-0.15, -0.1) is 0 Å². The van der Waals surface area contributed by atoms with Gasteiger partial charge in [0.25, 0.3) is 0 Å². The van der Waals surface area contributed by atoms with Crippen LogP contribution < -0.4 is 5.32 Å². The summed E-state index contributed by atoms with van der Waals surface area (Å²) < 4.78 is 11.1. The molecule has 0 radical (unpaired) electrons. The van der Waals surface area contributed by atoms with Gasteiger partial charge in [-0.05, 0) is 34.6 Å². The molecule has 1 heterocycles. The highest BCUT2D eigenvalue weighted by Crippen LogP contribution is 2.44. The van der Waals surface area contributed by atoms with Crippen molar-refractivity contribution < 1.29 is 29.0 Å². The minimum atomic E-state index is -0.972. The number of carboxylic acids is 1. The Morgan fingerprint density at radius 2 is 1.71 bits per heavy atom. The number of nitrogens with zero attached hydrogens (tertiary/aromatic N) is 1. The average molecular weight is 481 g/mol. The van der Waals surface area contributed by atoms with Gasteiger partial charge in [0.1, 0.15) is 12.6 Å². The largest absolute Gasteiger partial charge is 0.481 e. The van der Waals surface area contributed by atoms with Crippen LogP contribution in [0.1, 0.15) is 43.7 Å². The number of rotatable bonds is 8. The number of carbonyl (C=O) groups excluding carboxylic acids is 2. The van der Waals surface area contributed by atoms with Gasteiger partial charge in [-0.2, -0.15) is 0 Å². The number of fused-ring (bicyclic) bond motifs is 3. The molecule has 8 nitrogen and oxygen atoms in total. The lowest BCUT2D eigenvalue weighted by atomic mass is 9.98. The molecule has 2 amide bonds. The zero-order valence-corrected chi connectivity index (χ0v) is 20.1. The van der Waals surface area contributed by atoms with Crippen molar-refractivity contribution in [2.75, 3.05) is 26.3 Å². The van der Waals surface area contributed by atoms with E-state index in [0.29, 0.717) is 13.0 Å². The highest BCUT2D eigenvalue weighted by atomic mass is 16.5. The Kier molecular flexibility index (Phi) is 7.70. The van der Waals surface area contributed by atoms with Crippen molar-refractivity contribution in [1.82, 2.24) is 10.2 Å². The van der Waals surface area contributed by atoms with Crippen LogP contribution in [0.4, 0.5) is 4.79 Å². The number of hydrogen-bond donors (Lipinski definition) is 2. The molecule has 2 aliphatic rings. The van der Waals surface area contributed by atoms with Crippen LogP contribution in [-0.4, -0.2) is 66.4 Å². The van der Waals surface area contributed by atoms with Crippen LogP contribution in [-0.2, 0) is 19.1 Å². The Morgan fingerprint density at radius 3 is 2.31 bits per heavy atom. The predicted octanol–water partition coefficient (Wildman–Crippen LogP) is 3.64. The Morgan fingerprint density at radius 1 is 1.09 bits per heavy atom. The quantitative estimate of drug-likeness (QED) is 0.598. The zero-order chi connectivity index (χ0) is 24.9. The zero-order valence-electron chi connectivity index (χ0n) is 20.1. The second-order valence-electron chi connectivity index (χ2n) is 9.53. The Balaban J connectivity index is 1.40. The molecule has 2 N–H and O–H groups in total. The summed E-state index contributed by atoms with van der Waals surface area (Å²) in [5.74, 6) is -1.12. The number of morpholine rings is 1. The van der Waals surface area contributed by atoms with Crippen LogP contribution in [0.5, 0.6) is 0 Å². The number of ether oxygens (including phenoxy) is 2. The molecule has 4 rings (SSSR count). The lowest BCUT2D eigenvalue weighted by Crippen LogP contribution is -2.54. The van der Waals surface area contributed by atoms with E-state index in [1.54, 1.807) is 4.90 Å². The summed E-state index contributed by atoms with van der Waals surface area (Å²) in [4.78, 5) is 38.7. The van der Waals surface area contributed by atoms with Crippen LogP contribution in [0.3, 0.4) is 0 Å². The number of aliphatic carboxylic acids is 1. The molecule has 2 aromatic rings. The van der Waals surface area contributed by atoms with Gasteiger partial charge >= 0.3 is 12.1 Å². The van der Waals surface area contributed by atoms with Crippen LogP contribution >= 0.6 is 0 Å². The molecule has 1 aliphatic carbocycles. The maximum absolute atomic E-state index is 13.2. The Labute approximate surface area is 205 Å². The average Bonchev–Trinajstić information content (AvgIpc) is 3.15. The number of amides is 2. The van der Waals surface area contributed by atoms with Gasteiger partial charge in [-0.3, -0.25) is 9.59 Å². The molecule has 186 valence electrons. The minimum Gasteiger partial charge on any atom is -0.481 e. The molecule has 8 heteroatoms. The lowest BCUT2D eigenvalue weighted by molar-refractivity contribution is -0.148. The van der Waals surface area contributed by atoms with E-state index in [0.717, 1.165) is 22.3 Å². The van der Waals surface area contributed by atoms with Crippen molar-refractivity contribution in [3.8, 4) is 11.1 Å². The monoisotopic (exact) mass is 480 g/mol. The number of benzene rings is 2. The van der Waals surface area contributed by atoms with Crippen molar-refractivity contribution >= 4 is 18.0 Å². The second kappa shape index (κ2) is 10.9. The molecule has 0 spiro atoms. The lowest BCUT2D eigenvalue weighted by Gasteiger charge is -2.35. The summed E-state index contributed by atoms with van der Waals surface area (Å²) in [6.45, 7) is 4.93. The standard InChI is InChI=1S/C27H32N2O6/c1-17(2)13-24(26(32)29-11-12-34-18(15-29)14-25(30)31)28-27(33)35-16-23-21-9-5-3-7-19(21)20-8-4-6-10-22(20)23/h3-10,17-18,23-24H,11-16H2,1-2H3,(H,28,33)(H,30,31)/t18?,24-/m1/s1. The van der Waals surface area contributed by atoms with E-state index in [2.05, 4.69) is 29.6 Å². The van der Waals surface area contributed by atoms with E-state index in [1.807, 2.05) is 38.1 Å². The number of carboxylic acid groups (broad SMARTS) is 1. The van der Waals surface area contributed by atoms with Crippen molar-refractivity contribution in [3.63, 3.8) is 0 Å². The third kappa shape index (κ3) is 5.82. The molecule has 1 unspecified atom stereocenters. The van der Waals surface area contributed by atoms with Gasteiger partial charge in [-0.25, -0.2) is 4.79 Å². The maximum Gasteiger partial charge on any atom is 0.407 e.